The molecule has 0 saturated heterocycles. The fraction of sp³-hybridized carbons (Fsp3) is 0.909. The topological polar surface area (TPSA) is 73.6 Å². The predicted octanol–water partition coefficient (Wildman–Crippen LogP) is 0.283. The number of nitrogens with one attached hydrogen (secondary N) is 1. The number of ether oxygens (including phenoxy) is 2. The van der Waals surface area contributed by atoms with E-state index in [1.54, 1.807) is 0 Å². The van der Waals surface area contributed by atoms with Crippen molar-refractivity contribution in [3.8, 4) is 0 Å². The minimum absolute atomic E-state index is 0.0122. The first-order valence-electron chi connectivity index (χ1n) is 5.83. The summed E-state index contributed by atoms with van der Waals surface area (Å²) in [5.74, 6) is 0.0122. The molecule has 0 spiro atoms. The lowest BCUT2D eigenvalue weighted by molar-refractivity contribution is -0.122. The molecule has 1 amide bonds. The maximum Gasteiger partial charge on any atom is 0.222 e. The highest BCUT2D eigenvalue weighted by Crippen LogP contribution is 1.89. The Kier molecular flexibility index (Phi) is 10.4. The molecule has 0 atom stereocenters. The van der Waals surface area contributed by atoms with Gasteiger partial charge in [0.25, 0.3) is 0 Å². The molecule has 96 valence electrons. The van der Waals surface area contributed by atoms with Crippen molar-refractivity contribution >= 4 is 5.91 Å². The molecule has 3 N–H and O–H groups in total. The average Bonchev–Trinajstić information content (AvgIpc) is 2.23. The minimum Gasteiger partial charge on any atom is -0.379 e. The van der Waals surface area contributed by atoms with E-state index in [0.717, 1.165) is 6.42 Å². The zero-order valence-electron chi connectivity index (χ0n) is 10.3. The summed E-state index contributed by atoms with van der Waals surface area (Å²) in [4.78, 5) is 11.2. The van der Waals surface area contributed by atoms with Crippen LogP contribution in [-0.4, -0.2) is 44.9 Å². The predicted molar refractivity (Wildman–Crippen MR) is 63.2 cm³/mol. The van der Waals surface area contributed by atoms with Gasteiger partial charge in [0.2, 0.25) is 5.91 Å². The monoisotopic (exact) mass is 232 g/mol. The molecule has 5 nitrogen and oxygen atoms in total. The van der Waals surface area contributed by atoms with Crippen LogP contribution in [0, 0.1) is 0 Å². The van der Waals surface area contributed by atoms with Gasteiger partial charge < -0.3 is 20.5 Å². The van der Waals surface area contributed by atoms with Crippen LogP contribution in [0.15, 0.2) is 0 Å². The Balaban J connectivity index is 3.15. The van der Waals surface area contributed by atoms with E-state index in [4.69, 9.17) is 15.2 Å². The summed E-state index contributed by atoms with van der Waals surface area (Å²) in [6.07, 6.45) is 1.43. The molecule has 0 aliphatic rings. The standard InChI is InChI=1S/C11H24N2O3/c1-10(2)16-9-8-15-7-4-11(14)13-6-3-5-12/h10H,3-9,12H2,1-2H3,(H,13,14). The maximum absolute atomic E-state index is 11.2. The third-order valence-electron chi connectivity index (χ3n) is 1.86. The molecule has 0 bridgehead atoms. The SMILES string of the molecule is CC(C)OCCOCCC(=O)NCCCN. The first-order valence-corrected chi connectivity index (χ1v) is 5.83. The van der Waals surface area contributed by atoms with Crippen LogP contribution < -0.4 is 11.1 Å². The zero-order valence-corrected chi connectivity index (χ0v) is 10.3. The third kappa shape index (κ3) is 11.4. The van der Waals surface area contributed by atoms with Crippen molar-refractivity contribution < 1.29 is 14.3 Å². The lowest BCUT2D eigenvalue weighted by Crippen LogP contribution is -2.27. The van der Waals surface area contributed by atoms with Crippen molar-refractivity contribution in [2.45, 2.75) is 32.8 Å². The van der Waals surface area contributed by atoms with Gasteiger partial charge in [-0.25, -0.2) is 0 Å². The number of amides is 1. The quantitative estimate of drug-likeness (QED) is 0.531. The van der Waals surface area contributed by atoms with E-state index in [9.17, 15) is 4.79 Å². The van der Waals surface area contributed by atoms with Gasteiger partial charge in [-0.15, -0.1) is 0 Å². The number of hydrogen-bond acceptors (Lipinski definition) is 4. The first kappa shape index (κ1) is 15.3. The Morgan fingerprint density at radius 1 is 1.31 bits per heavy atom. The second-order valence-electron chi connectivity index (χ2n) is 3.77. The normalized spacial score (nSPS) is 10.8. The maximum atomic E-state index is 11.2. The van der Waals surface area contributed by atoms with E-state index in [-0.39, 0.29) is 12.0 Å². The minimum atomic E-state index is 0.0122. The zero-order chi connectivity index (χ0) is 12.2. The molecular weight excluding hydrogens is 208 g/mol. The number of carbonyl (C=O) groups excluding carboxylic acids is 1. The van der Waals surface area contributed by atoms with Crippen molar-refractivity contribution in [3.05, 3.63) is 0 Å². The molecule has 0 aromatic rings. The van der Waals surface area contributed by atoms with Gasteiger partial charge in [0.1, 0.15) is 0 Å². The third-order valence-corrected chi connectivity index (χ3v) is 1.86. The summed E-state index contributed by atoms with van der Waals surface area (Å²) >= 11 is 0. The Bertz CT molecular complexity index is 175. The summed E-state index contributed by atoms with van der Waals surface area (Å²) < 4.78 is 10.5. The van der Waals surface area contributed by atoms with Gasteiger partial charge in [-0.2, -0.15) is 0 Å². The van der Waals surface area contributed by atoms with Gasteiger partial charge in [-0.3, -0.25) is 4.79 Å². The van der Waals surface area contributed by atoms with Crippen molar-refractivity contribution in [1.29, 1.82) is 0 Å². The summed E-state index contributed by atoms with van der Waals surface area (Å²) in [5, 5.41) is 2.76. The van der Waals surface area contributed by atoms with Gasteiger partial charge in [-0.1, -0.05) is 0 Å². The molecule has 0 aliphatic heterocycles. The van der Waals surface area contributed by atoms with E-state index in [0.29, 0.717) is 39.3 Å². The fourth-order valence-corrected chi connectivity index (χ4v) is 1.03. The van der Waals surface area contributed by atoms with E-state index < -0.39 is 0 Å². The molecule has 0 unspecified atom stereocenters. The molecule has 0 fully saturated rings. The van der Waals surface area contributed by atoms with Crippen LogP contribution >= 0.6 is 0 Å². The van der Waals surface area contributed by atoms with Crippen LogP contribution in [0.25, 0.3) is 0 Å². The van der Waals surface area contributed by atoms with Crippen LogP contribution in [-0.2, 0) is 14.3 Å². The summed E-state index contributed by atoms with van der Waals surface area (Å²) in [6, 6.07) is 0. The molecule has 0 aromatic heterocycles. The summed E-state index contributed by atoms with van der Waals surface area (Å²) in [6.45, 7) is 6.75. The average molecular weight is 232 g/mol. The van der Waals surface area contributed by atoms with Crippen molar-refractivity contribution in [1.82, 2.24) is 5.32 Å². The van der Waals surface area contributed by atoms with E-state index in [1.807, 2.05) is 13.8 Å². The molecule has 0 rings (SSSR count). The van der Waals surface area contributed by atoms with Gasteiger partial charge in [0, 0.05) is 13.0 Å². The molecule has 16 heavy (non-hydrogen) atoms. The fourth-order valence-electron chi connectivity index (χ4n) is 1.03. The molecular formula is C11H24N2O3. The van der Waals surface area contributed by atoms with Crippen LogP contribution in [0.4, 0.5) is 0 Å². The smallest absolute Gasteiger partial charge is 0.222 e. The molecule has 0 saturated carbocycles. The second kappa shape index (κ2) is 10.9. The van der Waals surface area contributed by atoms with Crippen LogP contribution in [0.5, 0.6) is 0 Å². The Labute approximate surface area is 97.7 Å². The lowest BCUT2D eigenvalue weighted by Gasteiger charge is -2.08. The number of carbonyl (C=O) groups is 1. The van der Waals surface area contributed by atoms with Gasteiger partial charge >= 0.3 is 0 Å². The number of nitrogens with two attached hydrogens (primary N) is 1. The Morgan fingerprint density at radius 2 is 2.06 bits per heavy atom. The van der Waals surface area contributed by atoms with Crippen molar-refractivity contribution in [3.63, 3.8) is 0 Å². The first-order chi connectivity index (χ1) is 7.66. The summed E-state index contributed by atoms with van der Waals surface area (Å²) in [7, 11) is 0. The molecule has 5 heteroatoms. The molecule has 0 aromatic carbocycles. The Hall–Kier alpha value is -0.650. The largest absolute Gasteiger partial charge is 0.379 e. The molecule has 0 radical (unpaired) electrons. The highest BCUT2D eigenvalue weighted by atomic mass is 16.5. The number of hydrogen-bond donors (Lipinski definition) is 2. The van der Waals surface area contributed by atoms with Gasteiger partial charge in [-0.05, 0) is 26.8 Å². The van der Waals surface area contributed by atoms with Crippen LogP contribution in [0.1, 0.15) is 26.7 Å². The molecule has 0 heterocycles. The van der Waals surface area contributed by atoms with E-state index >= 15 is 0 Å². The highest BCUT2D eigenvalue weighted by Gasteiger charge is 2.00. The lowest BCUT2D eigenvalue weighted by atomic mass is 10.4. The van der Waals surface area contributed by atoms with Crippen LogP contribution in [0.2, 0.25) is 0 Å². The van der Waals surface area contributed by atoms with Crippen LogP contribution in [0.3, 0.4) is 0 Å². The van der Waals surface area contributed by atoms with E-state index in [2.05, 4.69) is 5.32 Å². The van der Waals surface area contributed by atoms with E-state index in [1.165, 1.54) is 0 Å². The van der Waals surface area contributed by atoms with Gasteiger partial charge in [0.15, 0.2) is 0 Å². The Morgan fingerprint density at radius 3 is 2.69 bits per heavy atom. The van der Waals surface area contributed by atoms with Crippen molar-refractivity contribution in [2.75, 3.05) is 32.9 Å². The van der Waals surface area contributed by atoms with Crippen molar-refractivity contribution in [2.24, 2.45) is 5.73 Å². The molecule has 0 aliphatic carbocycles. The summed E-state index contributed by atoms with van der Waals surface area (Å²) in [5.41, 5.74) is 5.30. The van der Waals surface area contributed by atoms with Gasteiger partial charge in [0.05, 0.1) is 25.9 Å². The second-order valence-corrected chi connectivity index (χ2v) is 3.77. The highest BCUT2D eigenvalue weighted by molar-refractivity contribution is 5.75. The number of rotatable bonds is 10.